The van der Waals surface area contributed by atoms with Crippen molar-refractivity contribution in [2.45, 2.75) is 6.92 Å². The van der Waals surface area contributed by atoms with Gasteiger partial charge in [-0.1, -0.05) is 39.7 Å². The van der Waals surface area contributed by atoms with E-state index in [1.54, 1.807) is 48.5 Å². The first-order valence-electron chi connectivity index (χ1n) is 10.5. The molecule has 0 atom stereocenters. The monoisotopic (exact) mass is 571 g/mol. The van der Waals surface area contributed by atoms with Crippen molar-refractivity contribution in [1.82, 2.24) is 4.90 Å². The largest absolute Gasteiger partial charge is 0.492 e. The SMILES string of the molecule is Cc1cccc(OCCN2C(=O)S/C(=C\c3cc(Br)ccc3OC(=O)c3ccc(Cl)cc3)C2=O)c1. The van der Waals surface area contributed by atoms with Gasteiger partial charge < -0.3 is 9.47 Å². The van der Waals surface area contributed by atoms with Crippen LogP contribution in [-0.4, -0.2) is 35.2 Å². The summed E-state index contributed by atoms with van der Waals surface area (Å²) in [4.78, 5) is 39.4. The molecule has 0 spiro atoms. The molecular formula is C26H19BrClNO5S. The first-order valence-corrected chi connectivity index (χ1v) is 12.5. The standard InChI is InChI=1S/C26H19BrClNO5S/c1-16-3-2-4-21(13-16)33-12-11-29-24(30)23(35-26(29)32)15-18-14-19(27)7-10-22(18)34-25(31)17-5-8-20(28)9-6-17/h2-10,13-15H,11-12H2,1H3/b23-15-. The highest BCUT2D eigenvalue weighted by Crippen LogP contribution is 2.35. The predicted octanol–water partition coefficient (Wildman–Crippen LogP) is 6.75. The first kappa shape index (κ1) is 25.0. The molecule has 35 heavy (non-hydrogen) atoms. The van der Waals surface area contributed by atoms with Crippen LogP contribution in [0.1, 0.15) is 21.5 Å². The van der Waals surface area contributed by atoms with Crippen molar-refractivity contribution in [1.29, 1.82) is 0 Å². The molecule has 1 heterocycles. The summed E-state index contributed by atoms with van der Waals surface area (Å²) in [7, 11) is 0. The second-order valence-electron chi connectivity index (χ2n) is 7.58. The van der Waals surface area contributed by atoms with Gasteiger partial charge in [0.05, 0.1) is 17.0 Å². The van der Waals surface area contributed by atoms with Crippen molar-refractivity contribution in [2.75, 3.05) is 13.2 Å². The minimum absolute atomic E-state index is 0.118. The summed E-state index contributed by atoms with van der Waals surface area (Å²) in [5.41, 5.74) is 1.86. The molecule has 3 aromatic rings. The van der Waals surface area contributed by atoms with Crippen LogP contribution in [0.25, 0.3) is 6.08 Å². The fraction of sp³-hybridized carbons (Fsp3) is 0.115. The molecule has 0 saturated carbocycles. The van der Waals surface area contributed by atoms with Crippen molar-refractivity contribution in [3.05, 3.63) is 97.8 Å². The van der Waals surface area contributed by atoms with Gasteiger partial charge in [-0.3, -0.25) is 14.5 Å². The highest BCUT2D eigenvalue weighted by Gasteiger charge is 2.35. The molecule has 0 N–H and O–H groups in total. The van der Waals surface area contributed by atoms with Crippen LogP contribution in [0.3, 0.4) is 0 Å². The summed E-state index contributed by atoms with van der Waals surface area (Å²) in [6, 6.07) is 18.9. The smallest absolute Gasteiger partial charge is 0.343 e. The Morgan fingerprint density at radius 2 is 1.86 bits per heavy atom. The van der Waals surface area contributed by atoms with Gasteiger partial charge >= 0.3 is 5.97 Å². The van der Waals surface area contributed by atoms with Crippen LogP contribution in [0.15, 0.2) is 76.1 Å². The van der Waals surface area contributed by atoms with Crippen LogP contribution in [0.2, 0.25) is 5.02 Å². The Morgan fingerprint density at radius 3 is 2.60 bits per heavy atom. The van der Waals surface area contributed by atoms with Crippen molar-refractivity contribution < 1.29 is 23.9 Å². The first-order chi connectivity index (χ1) is 16.8. The molecule has 0 bridgehead atoms. The molecule has 0 radical (unpaired) electrons. The van der Waals surface area contributed by atoms with E-state index in [1.165, 1.54) is 0 Å². The van der Waals surface area contributed by atoms with E-state index in [-0.39, 0.29) is 29.0 Å². The maximum absolute atomic E-state index is 12.9. The zero-order valence-electron chi connectivity index (χ0n) is 18.5. The van der Waals surface area contributed by atoms with E-state index in [0.29, 0.717) is 21.9 Å². The summed E-state index contributed by atoms with van der Waals surface area (Å²) in [6.07, 6.45) is 1.54. The topological polar surface area (TPSA) is 72.9 Å². The number of benzene rings is 3. The maximum Gasteiger partial charge on any atom is 0.343 e. The van der Waals surface area contributed by atoms with Crippen molar-refractivity contribution >= 4 is 62.5 Å². The van der Waals surface area contributed by atoms with Crippen LogP contribution in [0.4, 0.5) is 4.79 Å². The molecule has 9 heteroatoms. The van der Waals surface area contributed by atoms with E-state index in [0.717, 1.165) is 26.7 Å². The molecule has 6 nitrogen and oxygen atoms in total. The van der Waals surface area contributed by atoms with Crippen molar-refractivity contribution in [3.63, 3.8) is 0 Å². The molecular weight excluding hydrogens is 554 g/mol. The number of amides is 2. The summed E-state index contributed by atoms with van der Waals surface area (Å²) in [6.45, 7) is 2.25. The molecule has 0 aliphatic carbocycles. The number of aryl methyl sites for hydroxylation is 1. The highest BCUT2D eigenvalue weighted by molar-refractivity contribution is 9.10. The lowest BCUT2D eigenvalue weighted by Gasteiger charge is -2.13. The predicted molar refractivity (Wildman–Crippen MR) is 140 cm³/mol. The third-order valence-corrected chi connectivity index (χ3v) is 6.64. The van der Waals surface area contributed by atoms with E-state index in [2.05, 4.69) is 15.9 Å². The van der Waals surface area contributed by atoms with Crippen LogP contribution in [0, 0.1) is 6.92 Å². The minimum atomic E-state index is -0.569. The average molecular weight is 573 g/mol. The van der Waals surface area contributed by atoms with Gasteiger partial charge in [-0.05, 0) is 84.9 Å². The average Bonchev–Trinajstić information content (AvgIpc) is 3.08. The number of hydrogen-bond donors (Lipinski definition) is 0. The molecule has 1 saturated heterocycles. The lowest BCUT2D eigenvalue weighted by molar-refractivity contribution is -0.123. The van der Waals surface area contributed by atoms with Gasteiger partial charge in [-0.25, -0.2) is 4.79 Å². The highest BCUT2D eigenvalue weighted by atomic mass is 79.9. The molecule has 4 rings (SSSR count). The maximum atomic E-state index is 12.9. The van der Waals surface area contributed by atoms with Crippen LogP contribution < -0.4 is 9.47 Å². The van der Waals surface area contributed by atoms with Crippen molar-refractivity contribution in [2.24, 2.45) is 0 Å². The van der Waals surface area contributed by atoms with Gasteiger partial charge in [-0.2, -0.15) is 0 Å². The third kappa shape index (κ3) is 6.33. The van der Waals surface area contributed by atoms with Crippen molar-refractivity contribution in [3.8, 4) is 11.5 Å². The Hall–Kier alpha value is -3.07. The molecule has 1 fully saturated rings. The molecule has 0 aromatic heterocycles. The number of thioether (sulfide) groups is 1. The summed E-state index contributed by atoms with van der Waals surface area (Å²) in [5, 5.41) is 0.120. The van der Waals surface area contributed by atoms with Crippen LogP contribution in [-0.2, 0) is 4.79 Å². The van der Waals surface area contributed by atoms with E-state index in [4.69, 9.17) is 21.1 Å². The molecule has 3 aromatic carbocycles. The second-order valence-corrected chi connectivity index (χ2v) is 9.92. The Balaban J connectivity index is 1.48. The number of ether oxygens (including phenoxy) is 2. The van der Waals surface area contributed by atoms with E-state index in [1.807, 2.05) is 31.2 Å². The Kier molecular flexibility index (Phi) is 7.95. The lowest BCUT2D eigenvalue weighted by atomic mass is 10.1. The molecule has 1 aliphatic rings. The van der Waals surface area contributed by atoms with E-state index >= 15 is 0 Å². The van der Waals surface area contributed by atoms with E-state index in [9.17, 15) is 14.4 Å². The Labute approximate surface area is 220 Å². The molecule has 1 aliphatic heterocycles. The Morgan fingerprint density at radius 1 is 1.09 bits per heavy atom. The summed E-state index contributed by atoms with van der Waals surface area (Å²) >= 11 is 10.1. The summed E-state index contributed by atoms with van der Waals surface area (Å²) in [5.74, 6) is -0.0700. The van der Waals surface area contributed by atoms with Gasteiger partial charge in [0.1, 0.15) is 18.1 Å². The number of rotatable bonds is 7. The number of carbonyl (C=O) groups is 3. The Bertz CT molecular complexity index is 1330. The number of esters is 1. The minimum Gasteiger partial charge on any atom is -0.492 e. The summed E-state index contributed by atoms with van der Waals surface area (Å²) < 4.78 is 12.0. The molecule has 178 valence electrons. The fourth-order valence-electron chi connectivity index (χ4n) is 3.26. The molecule has 2 amide bonds. The normalized spacial score (nSPS) is 14.5. The van der Waals surface area contributed by atoms with Gasteiger partial charge in [0.25, 0.3) is 11.1 Å². The van der Waals surface area contributed by atoms with Crippen LogP contribution >= 0.6 is 39.3 Å². The zero-order chi connectivity index (χ0) is 24.9. The van der Waals surface area contributed by atoms with Gasteiger partial charge in [0, 0.05) is 15.1 Å². The van der Waals surface area contributed by atoms with Gasteiger partial charge in [-0.15, -0.1) is 0 Å². The van der Waals surface area contributed by atoms with Gasteiger partial charge in [0.2, 0.25) is 0 Å². The third-order valence-electron chi connectivity index (χ3n) is 4.99. The quantitative estimate of drug-likeness (QED) is 0.177. The second kappa shape index (κ2) is 11.1. The number of imide groups is 1. The number of carbonyl (C=O) groups excluding carboxylic acids is 3. The van der Waals surface area contributed by atoms with Gasteiger partial charge in [0.15, 0.2) is 0 Å². The number of hydrogen-bond acceptors (Lipinski definition) is 6. The lowest BCUT2D eigenvalue weighted by Crippen LogP contribution is -2.32. The number of nitrogens with zero attached hydrogens (tertiary/aromatic N) is 1. The van der Waals surface area contributed by atoms with Crippen LogP contribution in [0.5, 0.6) is 11.5 Å². The van der Waals surface area contributed by atoms with E-state index < -0.39 is 11.9 Å². The number of halogens is 2. The zero-order valence-corrected chi connectivity index (χ0v) is 21.7. The fourth-order valence-corrected chi connectivity index (χ4v) is 4.62. The molecule has 0 unspecified atom stereocenters.